The van der Waals surface area contributed by atoms with Crippen molar-refractivity contribution in [3.63, 3.8) is 0 Å². The zero-order valence-corrected chi connectivity index (χ0v) is 13.0. The molecule has 24 heavy (non-hydrogen) atoms. The van der Waals surface area contributed by atoms with Gasteiger partial charge in [-0.2, -0.15) is 13.2 Å². The van der Waals surface area contributed by atoms with Gasteiger partial charge in [0.15, 0.2) is 0 Å². The lowest BCUT2D eigenvalue weighted by molar-refractivity contribution is -0.385. The van der Waals surface area contributed by atoms with Crippen molar-refractivity contribution < 1.29 is 26.5 Å². The van der Waals surface area contributed by atoms with Gasteiger partial charge in [0.2, 0.25) is 0 Å². The molecule has 2 aromatic rings. The number of hydrogen-bond donors (Lipinski definition) is 1. The first-order valence-corrected chi connectivity index (χ1v) is 7.94. The van der Waals surface area contributed by atoms with Crippen molar-refractivity contribution in [3.05, 3.63) is 63.7 Å². The van der Waals surface area contributed by atoms with Gasteiger partial charge < -0.3 is 0 Å². The van der Waals surface area contributed by atoms with Crippen LogP contribution in [0.4, 0.5) is 24.5 Å². The minimum atomic E-state index is -4.62. The zero-order valence-electron chi connectivity index (χ0n) is 12.2. The Hall–Kier alpha value is -2.62. The molecule has 0 aliphatic rings. The molecule has 0 radical (unpaired) electrons. The summed E-state index contributed by atoms with van der Waals surface area (Å²) in [6, 6.07) is 6.88. The van der Waals surface area contributed by atoms with Crippen LogP contribution in [0.1, 0.15) is 11.1 Å². The van der Waals surface area contributed by atoms with Gasteiger partial charge in [0, 0.05) is 17.3 Å². The van der Waals surface area contributed by atoms with E-state index < -0.39 is 37.3 Å². The molecule has 128 valence electrons. The molecule has 0 fully saturated rings. The standard InChI is InChI=1S/C14H11F3N2O4S/c1-9-5-6-12(8-13(9)19(20)21)24(22,23)18-11-4-2-3-10(7-11)14(15,16)17/h2-8,18H,1H3. The van der Waals surface area contributed by atoms with Gasteiger partial charge in [-0.1, -0.05) is 12.1 Å². The molecule has 0 aliphatic carbocycles. The van der Waals surface area contributed by atoms with Gasteiger partial charge in [0.1, 0.15) is 0 Å². The summed E-state index contributed by atoms with van der Waals surface area (Å²) in [4.78, 5) is 9.72. The summed E-state index contributed by atoms with van der Waals surface area (Å²) in [5.74, 6) is 0. The molecule has 0 amide bonds. The normalized spacial score (nSPS) is 12.0. The van der Waals surface area contributed by atoms with Crippen LogP contribution < -0.4 is 4.72 Å². The second kappa shape index (κ2) is 6.11. The highest BCUT2D eigenvalue weighted by atomic mass is 32.2. The molecule has 0 saturated heterocycles. The number of halogens is 3. The van der Waals surface area contributed by atoms with E-state index in [2.05, 4.69) is 0 Å². The van der Waals surface area contributed by atoms with Crippen molar-refractivity contribution in [2.45, 2.75) is 18.0 Å². The van der Waals surface area contributed by atoms with Crippen molar-refractivity contribution in [2.75, 3.05) is 4.72 Å². The maximum absolute atomic E-state index is 12.7. The summed E-state index contributed by atoms with van der Waals surface area (Å²) < 4.78 is 64.4. The molecule has 6 nitrogen and oxygen atoms in total. The Morgan fingerprint density at radius 1 is 1.12 bits per heavy atom. The topological polar surface area (TPSA) is 89.3 Å². The fourth-order valence-electron chi connectivity index (χ4n) is 1.93. The van der Waals surface area contributed by atoms with Gasteiger partial charge in [-0.15, -0.1) is 0 Å². The Balaban J connectivity index is 2.39. The lowest BCUT2D eigenvalue weighted by Crippen LogP contribution is -2.14. The number of aryl methyl sites for hydroxylation is 1. The van der Waals surface area contributed by atoms with Crippen molar-refractivity contribution >= 4 is 21.4 Å². The first kappa shape index (κ1) is 17.7. The summed E-state index contributed by atoms with van der Waals surface area (Å²) in [5.41, 5.74) is -1.45. The van der Waals surface area contributed by atoms with Crippen molar-refractivity contribution in [1.82, 2.24) is 0 Å². The molecule has 1 N–H and O–H groups in total. The maximum Gasteiger partial charge on any atom is 0.416 e. The number of hydrogen-bond acceptors (Lipinski definition) is 4. The molecule has 2 aromatic carbocycles. The summed E-state index contributed by atoms with van der Waals surface area (Å²) in [6.07, 6.45) is -4.62. The molecule has 0 bridgehead atoms. The number of nitrogens with one attached hydrogen (secondary N) is 1. The molecular weight excluding hydrogens is 349 g/mol. The van der Waals surface area contributed by atoms with Crippen LogP contribution in [0.15, 0.2) is 47.4 Å². The van der Waals surface area contributed by atoms with Crippen LogP contribution in [0.3, 0.4) is 0 Å². The number of nitro groups is 1. The highest BCUT2D eigenvalue weighted by Gasteiger charge is 2.30. The van der Waals surface area contributed by atoms with Gasteiger partial charge in [-0.3, -0.25) is 14.8 Å². The largest absolute Gasteiger partial charge is 0.416 e. The zero-order chi connectivity index (χ0) is 18.1. The van der Waals surface area contributed by atoms with Gasteiger partial charge in [0.05, 0.1) is 15.4 Å². The van der Waals surface area contributed by atoms with E-state index in [1.165, 1.54) is 13.0 Å². The van der Waals surface area contributed by atoms with E-state index in [1.807, 2.05) is 4.72 Å². The molecular formula is C14H11F3N2O4S. The van der Waals surface area contributed by atoms with Crippen molar-refractivity contribution in [1.29, 1.82) is 0 Å². The molecule has 0 aliphatic heterocycles. The third-order valence-electron chi connectivity index (χ3n) is 3.13. The van der Waals surface area contributed by atoms with E-state index in [9.17, 15) is 31.7 Å². The average Bonchev–Trinajstić information content (AvgIpc) is 2.46. The quantitative estimate of drug-likeness (QED) is 0.665. The average molecular weight is 360 g/mol. The van der Waals surface area contributed by atoms with Crippen LogP contribution in [0, 0.1) is 17.0 Å². The SMILES string of the molecule is Cc1ccc(S(=O)(=O)Nc2cccc(C(F)(F)F)c2)cc1[N+](=O)[O-]. The minimum Gasteiger partial charge on any atom is -0.280 e. The van der Waals surface area contributed by atoms with Crippen LogP contribution in [0.5, 0.6) is 0 Å². The molecule has 0 heterocycles. The number of benzene rings is 2. The number of rotatable bonds is 4. The number of nitro benzene ring substituents is 1. The fourth-order valence-corrected chi connectivity index (χ4v) is 3.00. The molecule has 0 saturated carbocycles. The fraction of sp³-hybridized carbons (Fsp3) is 0.143. The van der Waals surface area contributed by atoms with E-state index in [-0.39, 0.29) is 11.3 Å². The van der Waals surface area contributed by atoms with Crippen molar-refractivity contribution in [2.24, 2.45) is 0 Å². The van der Waals surface area contributed by atoms with Crippen LogP contribution in [0.25, 0.3) is 0 Å². The second-order valence-corrected chi connectivity index (χ2v) is 6.57. The third kappa shape index (κ3) is 3.82. The highest BCUT2D eigenvalue weighted by molar-refractivity contribution is 7.92. The Morgan fingerprint density at radius 3 is 2.38 bits per heavy atom. The van der Waals surface area contributed by atoms with Gasteiger partial charge in [0.25, 0.3) is 15.7 Å². The van der Waals surface area contributed by atoms with Gasteiger partial charge >= 0.3 is 6.18 Å². The Morgan fingerprint density at radius 2 is 1.79 bits per heavy atom. The number of sulfonamides is 1. The second-order valence-electron chi connectivity index (χ2n) is 4.89. The van der Waals surface area contributed by atoms with E-state index in [1.54, 1.807) is 0 Å². The lowest BCUT2D eigenvalue weighted by Gasteiger charge is -2.11. The molecule has 0 aromatic heterocycles. The van der Waals surface area contributed by atoms with E-state index >= 15 is 0 Å². The van der Waals surface area contributed by atoms with Crippen molar-refractivity contribution in [3.8, 4) is 0 Å². The van der Waals surface area contributed by atoms with E-state index in [0.717, 1.165) is 30.3 Å². The minimum absolute atomic E-state index is 0.262. The molecule has 0 spiro atoms. The summed E-state index contributed by atoms with van der Waals surface area (Å²) in [6.45, 7) is 1.44. The first-order chi connectivity index (χ1) is 11.0. The molecule has 0 unspecified atom stereocenters. The summed E-state index contributed by atoms with van der Waals surface area (Å²) >= 11 is 0. The maximum atomic E-state index is 12.7. The predicted octanol–water partition coefficient (Wildman–Crippen LogP) is 3.72. The summed E-state index contributed by atoms with van der Waals surface area (Å²) in [5, 5.41) is 10.9. The lowest BCUT2D eigenvalue weighted by atomic mass is 10.2. The van der Waals surface area contributed by atoms with Gasteiger partial charge in [-0.25, -0.2) is 8.42 Å². The number of anilines is 1. The first-order valence-electron chi connectivity index (χ1n) is 6.46. The number of alkyl halides is 3. The van der Waals surface area contributed by atoms with Crippen LogP contribution >= 0.6 is 0 Å². The Kier molecular flexibility index (Phi) is 4.52. The highest BCUT2D eigenvalue weighted by Crippen LogP contribution is 2.31. The van der Waals surface area contributed by atoms with E-state index in [4.69, 9.17) is 0 Å². The molecule has 10 heteroatoms. The number of nitrogens with zero attached hydrogens (tertiary/aromatic N) is 1. The van der Waals surface area contributed by atoms with Gasteiger partial charge in [-0.05, 0) is 31.2 Å². The van der Waals surface area contributed by atoms with Crippen LogP contribution in [0.2, 0.25) is 0 Å². The van der Waals surface area contributed by atoms with E-state index in [0.29, 0.717) is 6.07 Å². The predicted molar refractivity (Wildman–Crippen MR) is 80.1 cm³/mol. The molecule has 2 rings (SSSR count). The summed E-state index contributed by atoms with van der Waals surface area (Å²) in [7, 11) is -4.27. The molecule has 0 atom stereocenters. The van der Waals surface area contributed by atoms with Crippen LogP contribution in [-0.2, 0) is 16.2 Å². The Bertz CT molecular complexity index is 895. The van der Waals surface area contributed by atoms with Crippen LogP contribution in [-0.4, -0.2) is 13.3 Å². The third-order valence-corrected chi connectivity index (χ3v) is 4.51. The monoisotopic (exact) mass is 360 g/mol. The Labute approximate surface area is 135 Å². The smallest absolute Gasteiger partial charge is 0.280 e.